The van der Waals surface area contributed by atoms with Crippen molar-refractivity contribution < 1.29 is 9.53 Å². The van der Waals surface area contributed by atoms with Crippen LogP contribution in [0.3, 0.4) is 0 Å². The van der Waals surface area contributed by atoms with E-state index in [0.29, 0.717) is 30.9 Å². The van der Waals surface area contributed by atoms with Crippen molar-refractivity contribution in [3.05, 3.63) is 57.5 Å². The van der Waals surface area contributed by atoms with Crippen LogP contribution in [-0.2, 0) is 11.3 Å². The second-order valence-electron chi connectivity index (χ2n) is 7.88. The Morgan fingerprint density at radius 2 is 1.96 bits per heavy atom. The number of rotatable bonds is 3. The highest BCUT2D eigenvalue weighted by molar-refractivity contribution is 5.95. The Hall–Kier alpha value is -2.54. The van der Waals surface area contributed by atoms with Gasteiger partial charge in [-0.25, -0.2) is 0 Å². The van der Waals surface area contributed by atoms with Crippen LogP contribution in [0, 0.1) is 13.8 Å². The van der Waals surface area contributed by atoms with Gasteiger partial charge < -0.3 is 14.2 Å². The van der Waals surface area contributed by atoms with Gasteiger partial charge in [-0.2, -0.15) is 0 Å². The van der Waals surface area contributed by atoms with Gasteiger partial charge in [-0.1, -0.05) is 0 Å². The van der Waals surface area contributed by atoms with Crippen molar-refractivity contribution >= 4 is 5.91 Å². The Labute approximate surface area is 164 Å². The average Bonchev–Trinajstić information content (AvgIpc) is 3.14. The smallest absolute Gasteiger partial charge is 0.264 e. The number of aromatic nitrogens is 3. The van der Waals surface area contributed by atoms with Crippen LogP contribution >= 0.6 is 0 Å². The van der Waals surface area contributed by atoms with E-state index >= 15 is 0 Å². The molecule has 0 atom stereocenters. The zero-order valence-electron chi connectivity index (χ0n) is 16.5. The molecule has 0 unspecified atom stereocenters. The summed E-state index contributed by atoms with van der Waals surface area (Å²) < 4.78 is 7.47. The molecule has 0 bridgehead atoms. The fraction of sp³-hybridized carbons (Fsp3) is 0.524. The maximum absolute atomic E-state index is 13.1. The van der Waals surface area contributed by atoms with Crippen LogP contribution in [0.4, 0.5) is 0 Å². The SMILES string of the molecule is Cc1cnc(Cn2ccc(C)c(C(=O)N3CCC4(CCCO4)CC3)c2=O)cn1. The van der Waals surface area contributed by atoms with Gasteiger partial charge >= 0.3 is 0 Å². The molecule has 148 valence electrons. The highest BCUT2D eigenvalue weighted by Crippen LogP contribution is 2.35. The fourth-order valence-electron chi connectivity index (χ4n) is 4.15. The van der Waals surface area contributed by atoms with Crippen LogP contribution in [0.5, 0.6) is 0 Å². The molecule has 1 spiro atoms. The molecule has 2 aromatic heterocycles. The van der Waals surface area contributed by atoms with Gasteiger partial charge in [0.1, 0.15) is 5.56 Å². The van der Waals surface area contributed by atoms with Gasteiger partial charge in [0.25, 0.3) is 11.5 Å². The Balaban J connectivity index is 1.54. The summed E-state index contributed by atoms with van der Waals surface area (Å²) >= 11 is 0. The number of amides is 1. The second-order valence-corrected chi connectivity index (χ2v) is 7.88. The number of hydrogen-bond donors (Lipinski definition) is 0. The molecule has 7 heteroatoms. The zero-order valence-corrected chi connectivity index (χ0v) is 16.5. The molecule has 1 amide bonds. The minimum atomic E-state index is -0.273. The summed E-state index contributed by atoms with van der Waals surface area (Å²) in [5.41, 5.74) is 2.15. The van der Waals surface area contributed by atoms with Crippen molar-refractivity contribution in [2.24, 2.45) is 0 Å². The van der Waals surface area contributed by atoms with Crippen LogP contribution in [0.15, 0.2) is 29.5 Å². The fourth-order valence-corrected chi connectivity index (χ4v) is 4.15. The van der Waals surface area contributed by atoms with Crippen molar-refractivity contribution in [1.82, 2.24) is 19.4 Å². The highest BCUT2D eigenvalue weighted by atomic mass is 16.5. The molecule has 4 heterocycles. The van der Waals surface area contributed by atoms with Gasteiger partial charge in [-0.3, -0.25) is 19.6 Å². The summed E-state index contributed by atoms with van der Waals surface area (Å²) in [6.07, 6.45) is 8.91. The van der Waals surface area contributed by atoms with Gasteiger partial charge in [0.05, 0.1) is 29.7 Å². The van der Waals surface area contributed by atoms with E-state index in [2.05, 4.69) is 9.97 Å². The van der Waals surface area contributed by atoms with Crippen LogP contribution in [0.1, 0.15) is 53.0 Å². The van der Waals surface area contributed by atoms with E-state index < -0.39 is 0 Å². The lowest BCUT2D eigenvalue weighted by atomic mass is 9.88. The highest BCUT2D eigenvalue weighted by Gasteiger charge is 2.39. The Kier molecular flexibility index (Phi) is 5.02. The van der Waals surface area contributed by atoms with E-state index in [1.54, 1.807) is 23.5 Å². The summed E-state index contributed by atoms with van der Waals surface area (Å²) in [6, 6.07) is 1.82. The third-order valence-electron chi connectivity index (χ3n) is 5.90. The predicted molar refractivity (Wildman–Crippen MR) is 104 cm³/mol. The quantitative estimate of drug-likeness (QED) is 0.812. The molecule has 2 aliphatic heterocycles. The van der Waals surface area contributed by atoms with Crippen LogP contribution in [-0.4, -0.2) is 50.6 Å². The molecular formula is C21H26N4O3. The maximum Gasteiger partial charge on any atom is 0.264 e. The molecular weight excluding hydrogens is 356 g/mol. The van der Waals surface area contributed by atoms with Crippen molar-refractivity contribution in [2.45, 2.75) is 51.7 Å². The van der Waals surface area contributed by atoms with E-state index in [1.165, 1.54) is 4.57 Å². The lowest BCUT2D eigenvalue weighted by Gasteiger charge is -2.38. The Morgan fingerprint density at radius 3 is 2.61 bits per heavy atom. The molecule has 2 aliphatic rings. The third kappa shape index (κ3) is 3.58. The van der Waals surface area contributed by atoms with E-state index in [9.17, 15) is 9.59 Å². The Morgan fingerprint density at radius 1 is 1.18 bits per heavy atom. The predicted octanol–water partition coefficient (Wildman–Crippen LogP) is 2.09. The van der Waals surface area contributed by atoms with E-state index in [4.69, 9.17) is 4.74 Å². The lowest BCUT2D eigenvalue weighted by Crippen LogP contribution is -2.47. The summed E-state index contributed by atoms with van der Waals surface area (Å²) in [6.45, 7) is 6.06. The Bertz CT molecular complexity index is 920. The number of pyridine rings is 1. The number of likely N-dealkylation sites (tertiary alicyclic amines) is 1. The average molecular weight is 382 g/mol. The molecule has 4 rings (SSSR count). The molecule has 2 saturated heterocycles. The van der Waals surface area contributed by atoms with Crippen molar-refractivity contribution in [1.29, 1.82) is 0 Å². The number of nitrogens with zero attached hydrogens (tertiary/aromatic N) is 4. The molecule has 0 radical (unpaired) electrons. The van der Waals surface area contributed by atoms with E-state index in [-0.39, 0.29) is 22.6 Å². The number of ether oxygens (including phenoxy) is 1. The number of aryl methyl sites for hydroxylation is 2. The number of carbonyl (C=O) groups is 1. The topological polar surface area (TPSA) is 77.3 Å². The first-order chi connectivity index (χ1) is 13.5. The van der Waals surface area contributed by atoms with E-state index in [0.717, 1.165) is 38.0 Å². The molecule has 0 aliphatic carbocycles. The van der Waals surface area contributed by atoms with Crippen LogP contribution in [0.25, 0.3) is 0 Å². The standard InChI is InChI=1S/C21H26N4O3/c1-15-4-8-25(14-17-13-22-16(2)12-23-17)20(27)18(15)19(26)24-9-6-21(7-10-24)5-3-11-28-21/h4,8,12-13H,3,5-7,9-11,14H2,1-2H3. The largest absolute Gasteiger partial charge is 0.375 e. The first-order valence-corrected chi connectivity index (χ1v) is 9.88. The van der Waals surface area contributed by atoms with Crippen molar-refractivity contribution in [3.8, 4) is 0 Å². The van der Waals surface area contributed by atoms with Crippen LogP contribution in [0.2, 0.25) is 0 Å². The van der Waals surface area contributed by atoms with E-state index in [1.807, 2.05) is 19.9 Å². The summed E-state index contributed by atoms with van der Waals surface area (Å²) in [4.78, 5) is 36.5. The number of piperidine rings is 1. The number of carbonyl (C=O) groups excluding carboxylic acids is 1. The minimum Gasteiger partial charge on any atom is -0.375 e. The molecule has 0 saturated carbocycles. The first kappa shape index (κ1) is 18.8. The normalized spacial score (nSPS) is 18.6. The zero-order chi connectivity index (χ0) is 19.7. The second kappa shape index (κ2) is 7.47. The molecule has 0 aromatic carbocycles. The van der Waals surface area contributed by atoms with Gasteiger partial charge in [0.2, 0.25) is 0 Å². The lowest BCUT2D eigenvalue weighted by molar-refractivity contribution is -0.0387. The van der Waals surface area contributed by atoms with Crippen molar-refractivity contribution in [3.63, 3.8) is 0 Å². The maximum atomic E-state index is 13.1. The molecule has 0 N–H and O–H groups in total. The van der Waals surface area contributed by atoms with Crippen LogP contribution < -0.4 is 5.56 Å². The molecule has 7 nitrogen and oxygen atoms in total. The molecule has 28 heavy (non-hydrogen) atoms. The molecule has 2 aromatic rings. The van der Waals surface area contributed by atoms with Gasteiger partial charge in [0, 0.05) is 32.1 Å². The summed E-state index contributed by atoms with van der Waals surface area (Å²) in [5.74, 6) is -0.181. The third-order valence-corrected chi connectivity index (χ3v) is 5.90. The first-order valence-electron chi connectivity index (χ1n) is 9.88. The summed E-state index contributed by atoms with van der Waals surface area (Å²) in [5, 5.41) is 0. The summed E-state index contributed by atoms with van der Waals surface area (Å²) in [7, 11) is 0. The number of hydrogen-bond acceptors (Lipinski definition) is 5. The van der Waals surface area contributed by atoms with Gasteiger partial charge in [0.15, 0.2) is 0 Å². The van der Waals surface area contributed by atoms with Gasteiger partial charge in [-0.15, -0.1) is 0 Å². The van der Waals surface area contributed by atoms with Gasteiger partial charge in [-0.05, 0) is 51.2 Å². The molecule has 2 fully saturated rings. The monoisotopic (exact) mass is 382 g/mol. The minimum absolute atomic E-state index is 0.0488. The van der Waals surface area contributed by atoms with Crippen molar-refractivity contribution in [2.75, 3.05) is 19.7 Å².